The summed E-state index contributed by atoms with van der Waals surface area (Å²) < 4.78 is 5.56. The highest BCUT2D eigenvalue weighted by atomic mass is 16.5. The summed E-state index contributed by atoms with van der Waals surface area (Å²) >= 11 is 0. The van der Waals surface area contributed by atoms with Crippen LogP contribution >= 0.6 is 0 Å². The Morgan fingerprint density at radius 1 is 1.33 bits per heavy atom. The topological polar surface area (TPSA) is 76.1 Å². The highest BCUT2D eigenvalue weighted by molar-refractivity contribution is 6.03. The molecule has 1 aromatic heterocycles. The molecule has 0 spiro atoms. The number of nitrogens with zero attached hydrogens (tertiary/aromatic N) is 2. The lowest BCUT2D eigenvalue weighted by Crippen LogP contribution is -2.21. The molecule has 2 heterocycles. The number of ether oxygens (including phenoxy) is 1. The molecule has 24 heavy (non-hydrogen) atoms. The first-order valence-corrected chi connectivity index (χ1v) is 8.19. The van der Waals surface area contributed by atoms with Crippen molar-refractivity contribution in [2.45, 2.75) is 32.8 Å². The van der Waals surface area contributed by atoms with Crippen molar-refractivity contribution < 1.29 is 9.53 Å². The van der Waals surface area contributed by atoms with Crippen LogP contribution in [0.25, 0.3) is 0 Å². The largest absolute Gasteiger partial charge is 0.376 e. The number of anilines is 2. The zero-order valence-corrected chi connectivity index (χ0v) is 14.0. The zero-order chi connectivity index (χ0) is 16.9. The summed E-state index contributed by atoms with van der Waals surface area (Å²) in [4.78, 5) is 20.9. The van der Waals surface area contributed by atoms with Gasteiger partial charge in [-0.3, -0.25) is 4.79 Å². The van der Waals surface area contributed by atoms with Crippen molar-refractivity contribution in [3.63, 3.8) is 0 Å². The average molecular weight is 326 g/mol. The fraction of sp³-hybridized carbons (Fsp3) is 0.389. The Bertz CT molecular complexity index is 727. The van der Waals surface area contributed by atoms with Crippen LogP contribution in [0.1, 0.15) is 34.5 Å². The second-order valence-corrected chi connectivity index (χ2v) is 5.98. The predicted molar refractivity (Wildman–Crippen MR) is 93.4 cm³/mol. The van der Waals surface area contributed by atoms with E-state index in [1.807, 2.05) is 32.0 Å². The Hall–Kier alpha value is -2.47. The normalized spacial score (nSPS) is 16.8. The van der Waals surface area contributed by atoms with E-state index in [1.165, 1.54) is 0 Å². The summed E-state index contributed by atoms with van der Waals surface area (Å²) in [6.45, 7) is 5.47. The number of rotatable bonds is 5. The van der Waals surface area contributed by atoms with Crippen molar-refractivity contribution >= 4 is 17.5 Å². The Morgan fingerprint density at radius 2 is 2.21 bits per heavy atom. The first kappa shape index (κ1) is 16.4. The third-order valence-corrected chi connectivity index (χ3v) is 4.25. The fourth-order valence-corrected chi connectivity index (χ4v) is 2.65. The van der Waals surface area contributed by atoms with Gasteiger partial charge in [0.2, 0.25) is 5.95 Å². The lowest BCUT2D eigenvalue weighted by Gasteiger charge is -2.12. The summed E-state index contributed by atoms with van der Waals surface area (Å²) in [5.41, 5.74) is 3.32. The maximum Gasteiger partial charge on any atom is 0.274 e. The number of carbonyl (C=O) groups is 1. The summed E-state index contributed by atoms with van der Waals surface area (Å²) in [6, 6.07) is 7.44. The van der Waals surface area contributed by atoms with Gasteiger partial charge in [0.25, 0.3) is 5.91 Å². The van der Waals surface area contributed by atoms with E-state index < -0.39 is 0 Å². The highest BCUT2D eigenvalue weighted by Gasteiger charge is 2.16. The van der Waals surface area contributed by atoms with Crippen molar-refractivity contribution in [1.82, 2.24) is 9.97 Å². The van der Waals surface area contributed by atoms with Gasteiger partial charge < -0.3 is 15.4 Å². The van der Waals surface area contributed by atoms with E-state index >= 15 is 0 Å². The first-order chi connectivity index (χ1) is 11.6. The molecular formula is C18H22N4O2. The zero-order valence-electron chi connectivity index (χ0n) is 14.0. The molecule has 1 aromatic carbocycles. The molecule has 0 saturated carbocycles. The quantitative estimate of drug-likeness (QED) is 0.883. The third-order valence-electron chi connectivity index (χ3n) is 4.25. The highest BCUT2D eigenvalue weighted by Crippen LogP contribution is 2.19. The van der Waals surface area contributed by atoms with Crippen LogP contribution in [-0.4, -0.2) is 35.1 Å². The second kappa shape index (κ2) is 7.40. The number of aryl methyl sites for hydroxylation is 1. The van der Waals surface area contributed by atoms with E-state index in [2.05, 4.69) is 20.6 Å². The van der Waals surface area contributed by atoms with Gasteiger partial charge in [-0.15, -0.1) is 0 Å². The standard InChI is InChI=1S/C18H22N4O2/c1-12-5-3-7-15(13(12)2)21-17(23)16-8-9-19-18(22-16)20-11-14-6-4-10-24-14/h3,5,7-9,14H,4,6,10-11H2,1-2H3,(H,21,23)(H,19,20,22). The molecule has 2 N–H and O–H groups in total. The van der Waals surface area contributed by atoms with Gasteiger partial charge in [0.15, 0.2) is 0 Å². The number of hydrogen-bond acceptors (Lipinski definition) is 5. The van der Waals surface area contributed by atoms with Crippen LogP contribution in [0.3, 0.4) is 0 Å². The summed E-state index contributed by atoms with van der Waals surface area (Å²) in [5, 5.41) is 6.05. The SMILES string of the molecule is Cc1cccc(NC(=O)c2ccnc(NCC3CCCO3)n2)c1C. The monoisotopic (exact) mass is 326 g/mol. The van der Waals surface area contributed by atoms with Gasteiger partial charge in [-0.25, -0.2) is 9.97 Å². The van der Waals surface area contributed by atoms with Gasteiger partial charge >= 0.3 is 0 Å². The van der Waals surface area contributed by atoms with E-state index in [1.54, 1.807) is 12.3 Å². The van der Waals surface area contributed by atoms with Crippen LogP contribution in [0.4, 0.5) is 11.6 Å². The average Bonchev–Trinajstić information content (AvgIpc) is 3.11. The Labute approximate surface area is 141 Å². The molecule has 1 aliphatic heterocycles. The molecule has 1 amide bonds. The van der Waals surface area contributed by atoms with E-state index in [0.717, 1.165) is 36.3 Å². The van der Waals surface area contributed by atoms with Gasteiger partial charge in [0.1, 0.15) is 5.69 Å². The molecule has 126 valence electrons. The Morgan fingerprint density at radius 3 is 3.00 bits per heavy atom. The van der Waals surface area contributed by atoms with Crippen molar-refractivity contribution in [2.75, 3.05) is 23.8 Å². The lowest BCUT2D eigenvalue weighted by atomic mass is 10.1. The molecule has 1 aliphatic rings. The third kappa shape index (κ3) is 3.89. The number of nitrogens with one attached hydrogen (secondary N) is 2. The summed E-state index contributed by atoms with van der Waals surface area (Å²) in [6.07, 6.45) is 3.91. The maximum absolute atomic E-state index is 12.4. The number of benzene rings is 1. The molecule has 0 bridgehead atoms. The number of carbonyl (C=O) groups excluding carboxylic acids is 1. The minimum atomic E-state index is -0.244. The molecule has 6 heteroatoms. The number of hydrogen-bond donors (Lipinski definition) is 2. The molecule has 2 aromatic rings. The number of aromatic nitrogens is 2. The fourth-order valence-electron chi connectivity index (χ4n) is 2.65. The maximum atomic E-state index is 12.4. The van der Waals surface area contributed by atoms with Crippen LogP contribution < -0.4 is 10.6 Å². The molecule has 1 saturated heterocycles. The molecule has 1 fully saturated rings. The predicted octanol–water partition coefficient (Wildman–Crippen LogP) is 2.94. The molecular weight excluding hydrogens is 304 g/mol. The minimum absolute atomic E-state index is 0.195. The van der Waals surface area contributed by atoms with E-state index in [4.69, 9.17) is 4.74 Å². The van der Waals surface area contributed by atoms with Crippen LogP contribution in [0, 0.1) is 13.8 Å². The van der Waals surface area contributed by atoms with Gasteiger partial charge in [0.05, 0.1) is 6.10 Å². The lowest BCUT2D eigenvalue weighted by molar-refractivity contribution is 0.102. The van der Waals surface area contributed by atoms with Crippen LogP contribution in [-0.2, 0) is 4.74 Å². The molecule has 1 unspecified atom stereocenters. The first-order valence-electron chi connectivity index (χ1n) is 8.19. The van der Waals surface area contributed by atoms with Crippen LogP contribution in [0.15, 0.2) is 30.5 Å². The van der Waals surface area contributed by atoms with E-state index in [9.17, 15) is 4.79 Å². The van der Waals surface area contributed by atoms with Crippen molar-refractivity contribution in [2.24, 2.45) is 0 Å². The summed E-state index contributed by atoms with van der Waals surface area (Å²) in [5.74, 6) is 0.199. The van der Waals surface area contributed by atoms with Crippen molar-refractivity contribution in [3.05, 3.63) is 47.3 Å². The van der Waals surface area contributed by atoms with Crippen LogP contribution in [0.2, 0.25) is 0 Å². The molecule has 0 aliphatic carbocycles. The molecule has 6 nitrogen and oxygen atoms in total. The van der Waals surface area contributed by atoms with Crippen LogP contribution in [0.5, 0.6) is 0 Å². The Balaban J connectivity index is 1.66. The smallest absolute Gasteiger partial charge is 0.274 e. The summed E-state index contributed by atoms with van der Waals surface area (Å²) in [7, 11) is 0. The second-order valence-electron chi connectivity index (χ2n) is 5.98. The van der Waals surface area contributed by atoms with Gasteiger partial charge in [-0.1, -0.05) is 12.1 Å². The van der Waals surface area contributed by atoms with Gasteiger partial charge in [-0.05, 0) is 49.9 Å². The van der Waals surface area contributed by atoms with Gasteiger partial charge in [0, 0.05) is 25.0 Å². The van der Waals surface area contributed by atoms with E-state index in [-0.39, 0.29) is 12.0 Å². The van der Waals surface area contributed by atoms with E-state index in [0.29, 0.717) is 18.2 Å². The van der Waals surface area contributed by atoms with Gasteiger partial charge in [-0.2, -0.15) is 0 Å². The van der Waals surface area contributed by atoms with Crippen molar-refractivity contribution in [1.29, 1.82) is 0 Å². The molecule has 1 atom stereocenters. The molecule has 3 rings (SSSR count). The molecule has 0 radical (unpaired) electrons. The Kier molecular flexibility index (Phi) is 5.05. The minimum Gasteiger partial charge on any atom is -0.376 e. The number of amides is 1. The van der Waals surface area contributed by atoms with Crippen molar-refractivity contribution in [3.8, 4) is 0 Å².